The molecule has 3 rings (SSSR count). The minimum Gasteiger partial charge on any atom is -0.317 e. The van der Waals surface area contributed by atoms with E-state index in [4.69, 9.17) is 0 Å². The molecule has 0 aromatic heterocycles. The molecule has 2 aliphatic rings. The number of carbonyl (C=O) groups is 2. The number of benzene rings is 1. The fourth-order valence-corrected chi connectivity index (χ4v) is 3.02. The van der Waals surface area contributed by atoms with Crippen LogP contribution in [0.25, 0.3) is 0 Å². The minimum atomic E-state index is -4.44. The second-order valence-corrected chi connectivity index (χ2v) is 5.42. The Morgan fingerprint density at radius 1 is 1.04 bits per heavy atom. The largest absolute Gasteiger partial charge is 0.416 e. The first-order valence-corrected chi connectivity index (χ1v) is 6.88. The van der Waals surface area contributed by atoms with Gasteiger partial charge >= 0.3 is 12.2 Å². The van der Waals surface area contributed by atoms with E-state index in [9.17, 15) is 22.8 Å². The third-order valence-electron chi connectivity index (χ3n) is 4.16. The van der Waals surface area contributed by atoms with Gasteiger partial charge in [0, 0.05) is 5.69 Å². The normalized spacial score (nSPS) is 20.4. The van der Waals surface area contributed by atoms with Gasteiger partial charge in [-0.3, -0.25) is 15.0 Å². The van der Waals surface area contributed by atoms with Crippen LogP contribution in [0.1, 0.15) is 18.4 Å². The molecule has 0 aliphatic carbocycles. The van der Waals surface area contributed by atoms with Crippen LogP contribution in [-0.4, -0.2) is 30.6 Å². The van der Waals surface area contributed by atoms with E-state index in [1.165, 1.54) is 17.0 Å². The molecule has 126 valence electrons. The number of piperidine rings is 1. The van der Waals surface area contributed by atoms with Gasteiger partial charge in [-0.2, -0.15) is 13.2 Å². The van der Waals surface area contributed by atoms with Crippen LogP contribution in [0, 0.1) is 0 Å². The molecule has 0 unspecified atom stereocenters. The molecule has 1 spiro atoms. The number of anilines is 1. The predicted octanol–water partition coefficient (Wildman–Crippen LogP) is 2.31. The van der Waals surface area contributed by atoms with Gasteiger partial charge in [0.1, 0.15) is 5.54 Å². The second kappa shape index (κ2) is 6.01. The Hall–Kier alpha value is -1.80. The molecular weight excluding hydrogens is 335 g/mol. The van der Waals surface area contributed by atoms with Crippen LogP contribution in [-0.2, 0) is 11.0 Å². The molecule has 0 saturated carbocycles. The summed E-state index contributed by atoms with van der Waals surface area (Å²) in [5, 5.41) is 5.37. The summed E-state index contributed by atoms with van der Waals surface area (Å²) in [7, 11) is 0. The molecule has 5 nitrogen and oxygen atoms in total. The number of halogens is 4. The maximum Gasteiger partial charge on any atom is 0.416 e. The molecule has 1 aromatic carbocycles. The lowest BCUT2D eigenvalue weighted by Crippen LogP contribution is -2.56. The highest BCUT2D eigenvalue weighted by Gasteiger charge is 2.53. The summed E-state index contributed by atoms with van der Waals surface area (Å²) in [5.41, 5.74) is -1.51. The van der Waals surface area contributed by atoms with E-state index in [1.54, 1.807) is 0 Å². The van der Waals surface area contributed by atoms with Crippen molar-refractivity contribution in [1.82, 2.24) is 10.6 Å². The number of urea groups is 1. The van der Waals surface area contributed by atoms with Crippen LogP contribution in [0.2, 0.25) is 0 Å². The SMILES string of the molecule is Cl.O=C1NC(=O)C2(CCNCC2)N1c1ccc(C(F)(F)F)cc1. The van der Waals surface area contributed by atoms with E-state index in [1.807, 2.05) is 0 Å². The summed E-state index contributed by atoms with van der Waals surface area (Å²) in [4.78, 5) is 25.6. The Balaban J connectivity index is 0.00000192. The Kier molecular flexibility index (Phi) is 4.59. The number of amides is 3. The lowest BCUT2D eigenvalue weighted by Gasteiger charge is -2.38. The fourth-order valence-electron chi connectivity index (χ4n) is 3.02. The van der Waals surface area contributed by atoms with Crippen LogP contribution >= 0.6 is 12.4 Å². The van der Waals surface area contributed by atoms with E-state index in [2.05, 4.69) is 10.6 Å². The number of rotatable bonds is 1. The molecule has 1 aromatic rings. The van der Waals surface area contributed by atoms with Crippen LogP contribution < -0.4 is 15.5 Å². The van der Waals surface area contributed by atoms with Crippen molar-refractivity contribution < 1.29 is 22.8 Å². The highest BCUT2D eigenvalue weighted by atomic mass is 35.5. The van der Waals surface area contributed by atoms with Crippen LogP contribution in [0.3, 0.4) is 0 Å². The van der Waals surface area contributed by atoms with Gasteiger partial charge in [-0.15, -0.1) is 12.4 Å². The smallest absolute Gasteiger partial charge is 0.317 e. The zero-order valence-corrected chi connectivity index (χ0v) is 12.8. The van der Waals surface area contributed by atoms with E-state index in [-0.39, 0.29) is 18.3 Å². The Labute approximate surface area is 136 Å². The van der Waals surface area contributed by atoms with Gasteiger partial charge in [-0.05, 0) is 50.2 Å². The van der Waals surface area contributed by atoms with Gasteiger partial charge < -0.3 is 5.32 Å². The van der Waals surface area contributed by atoms with Crippen molar-refractivity contribution in [3.63, 3.8) is 0 Å². The average Bonchev–Trinajstić information content (AvgIpc) is 2.70. The lowest BCUT2D eigenvalue weighted by molar-refractivity contribution is -0.137. The summed E-state index contributed by atoms with van der Waals surface area (Å²) in [6.07, 6.45) is -3.59. The highest BCUT2D eigenvalue weighted by Crippen LogP contribution is 2.37. The van der Waals surface area contributed by atoms with Crippen LogP contribution in [0.15, 0.2) is 24.3 Å². The maximum absolute atomic E-state index is 12.6. The van der Waals surface area contributed by atoms with Crippen molar-refractivity contribution in [3.05, 3.63) is 29.8 Å². The van der Waals surface area contributed by atoms with Crippen LogP contribution in [0.4, 0.5) is 23.7 Å². The zero-order valence-electron chi connectivity index (χ0n) is 11.9. The first-order chi connectivity index (χ1) is 10.3. The van der Waals surface area contributed by atoms with Crippen molar-refractivity contribution in [2.24, 2.45) is 0 Å². The summed E-state index contributed by atoms with van der Waals surface area (Å²) in [6.45, 7) is 1.13. The van der Waals surface area contributed by atoms with Gasteiger partial charge in [-0.1, -0.05) is 0 Å². The second-order valence-electron chi connectivity index (χ2n) is 5.42. The first-order valence-electron chi connectivity index (χ1n) is 6.88. The van der Waals surface area contributed by atoms with E-state index < -0.39 is 23.3 Å². The fraction of sp³-hybridized carbons (Fsp3) is 0.429. The Bertz CT molecular complexity index is 613. The topological polar surface area (TPSA) is 61.4 Å². The molecule has 0 radical (unpaired) electrons. The van der Waals surface area contributed by atoms with Gasteiger partial charge in [-0.25, -0.2) is 4.79 Å². The number of hydrogen-bond donors (Lipinski definition) is 2. The van der Waals surface area contributed by atoms with Gasteiger partial charge in [0.25, 0.3) is 5.91 Å². The molecule has 0 bridgehead atoms. The number of carbonyl (C=O) groups excluding carboxylic acids is 2. The predicted molar refractivity (Wildman–Crippen MR) is 79.5 cm³/mol. The van der Waals surface area contributed by atoms with Crippen molar-refractivity contribution in [2.75, 3.05) is 18.0 Å². The summed E-state index contributed by atoms with van der Waals surface area (Å²) in [6, 6.07) is 3.70. The number of alkyl halides is 3. The van der Waals surface area contributed by atoms with Crippen molar-refractivity contribution in [1.29, 1.82) is 0 Å². The van der Waals surface area contributed by atoms with Crippen LogP contribution in [0.5, 0.6) is 0 Å². The molecule has 2 N–H and O–H groups in total. The number of hydrogen-bond acceptors (Lipinski definition) is 3. The number of nitrogens with zero attached hydrogens (tertiary/aromatic N) is 1. The molecule has 23 heavy (non-hydrogen) atoms. The number of nitrogens with one attached hydrogen (secondary N) is 2. The molecule has 2 heterocycles. The van der Waals surface area contributed by atoms with E-state index in [0.717, 1.165) is 12.1 Å². The van der Waals surface area contributed by atoms with Crippen molar-refractivity contribution >= 4 is 30.0 Å². The summed E-state index contributed by atoms with van der Waals surface area (Å²) >= 11 is 0. The molecular formula is C14H15ClF3N3O2. The Morgan fingerprint density at radius 3 is 2.13 bits per heavy atom. The molecule has 9 heteroatoms. The molecule has 3 amide bonds. The summed E-state index contributed by atoms with van der Waals surface area (Å²) < 4.78 is 37.9. The quantitative estimate of drug-likeness (QED) is 0.765. The van der Waals surface area contributed by atoms with Gasteiger partial charge in [0.05, 0.1) is 5.56 Å². The zero-order chi connectivity index (χ0) is 16.0. The molecule has 0 atom stereocenters. The molecule has 2 saturated heterocycles. The standard InChI is InChI=1S/C14H14F3N3O2.ClH/c15-14(16,17)9-1-3-10(4-2-9)20-12(22)19-11(21)13(20)5-7-18-8-6-13;/h1-4,18H,5-8H2,(H,19,21,22);1H. The summed E-state index contributed by atoms with van der Waals surface area (Å²) in [5.74, 6) is -0.390. The molecule has 2 fully saturated rings. The average molecular weight is 350 g/mol. The third kappa shape index (κ3) is 2.88. The minimum absolute atomic E-state index is 0. The van der Waals surface area contributed by atoms with E-state index >= 15 is 0 Å². The lowest BCUT2D eigenvalue weighted by atomic mass is 9.86. The van der Waals surface area contributed by atoms with Crippen molar-refractivity contribution in [2.45, 2.75) is 24.6 Å². The number of imide groups is 1. The first kappa shape index (κ1) is 17.6. The maximum atomic E-state index is 12.6. The van der Waals surface area contributed by atoms with Gasteiger partial charge in [0.15, 0.2) is 0 Å². The monoisotopic (exact) mass is 349 g/mol. The Morgan fingerprint density at radius 2 is 1.61 bits per heavy atom. The third-order valence-corrected chi connectivity index (χ3v) is 4.16. The van der Waals surface area contributed by atoms with E-state index in [0.29, 0.717) is 31.6 Å². The molecule has 2 aliphatic heterocycles. The van der Waals surface area contributed by atoms with Crippen molar-refractivity contribution in [3.8, 4) is 0 Å². The highest BCUT2D eigenvalue weighted by molar-refractivity contribution is 6.17. The van der Waals surface area contributed by atoms with Gasteiger partial charge in [0.2, 0.25) is 0 Å².